The highest BCUT2D eigenvalue weighted by atomic mass is 35.5. The third-order valence-electron chi connectivity index (χ3n) is 5.67. The van der Waals surface area contributed by atoms with Crippen LogP contribution in [0.1, 0.15) is 51.8 Å². The van der Waals surface area contributed by atoms with E-state index in [1.165, 1.54) is 18.4 Å². The smallest absolute Gasteiger partial charge is 0.222 e. The zero-order chi connectivity index (χ0) is 11.8. The van der Waals surface area contributed by atoms with Crippen molar-refractivity contribution in [3.05, 3.63) is 22.7 Å². The van der Waals surface area contributed by atoms with Crippen molar-refractivity contribution < 1.29 is 0 Å². The summed E-state index contributed by atoms with van der Waals surface area (Å²) >= 11 is 5.94. The molecule has 1 aromatic rings. The van der Waals surface area contributed by atoms with Gasteiger partial charge in [-0.15, -0.1) is 0 Å². The summed E-state index contributed by atoms with van der Waals surface area (Å²) < 4.78 is 0. The third kappa shape index (κ3) is 0.839. The molecule has 2 nitrogen and oxygen atoms in total. The number of halogens is 1. The van der Waals surface area contributed by atoms with Gasteiger partial charge in [0.2, 0.25) is 5.28 Å². The van der Waals surface area contributed by atoms with Crippen molar-refractivity contribution in [1.82, 2.24) is 9.97 Å². The van der Waals surface area contributed by atoms with Gasteiger partial charge in [-0.1, -0.05) is 27.7 Å². The summed E-state index contributed by atoms with van der Waals surface area (Å²) in [6, 6.07) is 0. The van der Waals surface area contributed by atoms with E-state index in [1.807, 2.05) is 6.20 Å². The monoisotopic (exact) mass is 236 g/mol. The molecule has 0 N–H and O–H groups in total. The first-order chi connectivity index (χ1) is 7.33. The number of hydrogen-bond acceptors (Lipinski definition) is 2. The molecule has 86 valence electrons. The second-order valence-electron chi connectivity index (χ2n) is 6.19. The highest BCUT2D eigenvalue weighted by Crippen LogP contribution is 2.71. The van der Waals surface area contributed by atoms with Crippen LogP contribution < -0.4 is 0 Å². The predicted octanol–water partition coefficient (Wildman–Crippen LogP) is 3.48. The van der Waals surface area contributed by atoms with Gasteiger partial charge in [-0.2, -0.15) is 0 Å². The minimum absolute atomic E-state index is 0.0991. The molecule has 1 saturated carbocycles. The molecule has 2 aliphatic carbocycles. The Bertz CT molecular complexity index is 483. The van der Waals surface area contributed by atoms with Gasteiger partial charge in [0.05, 0.1) is 5.69 Å². The van der Waals surface area contributed by atoms with Crippen molar-refractivity contribution in [2.45, 2.75) is 51.4 Å². The van der Waals surface area contributed by atoms with Gasteiger partial charge in [0, 0.05) is 17.0 Å². The molecule has 0 aromatic carbocycles. The average molecular weight is 237 g/mol. The first kappa shape index (κ1) is 10.5. The van der Waals surface area contributed by atoms with E-state index in [-0.39, 0.29) is 10.8 Å². The number of aromatic nitrogens is 2. The SMILES string of the molecule is CC1(C)c2nc(Cl)ncc2C2(C)CCC12C. The molecule has 0 spiro atoms. The first-order valence-electron chi connectivity index (χ1n) is 5.86. The lowest BCUT2D eigenvalue weighted by molar-refractivity contribution is -0.0199. The lowest BCUT2D eigenvalue weighted by Crippen LogP contribution is -2.54. The summed E-state index contributed by atoms with van der Waals surface area (Å²) in [7, 11) is 0. The average Bonchev–Trinajstić information content (AvgIpc) is 2.31. The van der Waals surface area contributed by atoms with Crippen LogP contribution in [0.2, 0.25) is 5.28 Å². The molecule has 0 amide bonds. The topological polar surface area (TPSA) is 25.8 Å². The number of hydrogen-bond donors (Lipinski definition) is 0. The molecule has 3 rings (SSSR count). The van der Waals surface area contributed by atoms with Gasteiger partial charge in [-0.3, -0.25) is 0 Å². The standard InChI is InChI=1S/C13H17ClN2/c1-11(2)9-8(7-15-10(14)16-9)12(3)5-6-13(11,12)4/h7H,5-6H2,1-4H3. The van der Waals surface area contributed by atoms with Gasteiger partial charge in [-0.25, -0.2) is 9.97 Å². The van der Waals surface area contributed by atoms with E-state index in [2.05, 4.69) is 37.7 Å². The predicted molar refractivity (Wildman–Crippen MR) is 64.8 cm³/mol. The lowest BCUT2D eigenvalue weighted by Gasteiger charge is -2.57. The molecule has 2 atom stereocenters. The fourth-order valence-corrected chi connectivity index (χ4v) is 3.94. The Morgan fingerprint density at radius 2 is 1.88 bits per heavy atom. The van der Waals surface area contributed by atoms with Gasteiger partial charge >= 0.3 is 0 Å². The van der Waals surface area contributed by atoms with E-state index in [1.54, 1.807) is 0 Å². The van der Waals surface area contributed by atoms with Crippen LogP contribution in [0.4, 0.5) is 0 Å². The molecule has 0 aliphatic heterocycles. The molecule has 3 heteroatoms. The van der Waals surface area contributed by atoms with Crippen LogP contribution in [0, 0.1) is 5.41 Å². The molecule has 0 radical (unpaired) electrons. The van der Waals surface area contributed by atoms with E-state index in [0.717, 1.165) is 5.69 Å². The summed E-state index contributed by atoms with van der Waals surface area (Å²) in [5.74, 6) is 0. The molecule has 1 heterocycles. The van der Waals surface area contributed by atoms with Crippen molar-refractivity contribution in [2.24, 2.45) is 5.41 Å². The highest BCUT2D eigenvalue weighted by molar-refractivity contribution is 6.28. The van der Waals surface area contributed by atoms with Crippen LogP contribution >= 0.6 is 11.6 Å². The Labute approximate surface area is 101 Å². The summed E-state index contributed by atoms with van der Waals surface area (Å²) in [5.41, 5.74) is 3.13. The Morgan fingerprint density at radius 1 is 1.19 bits per heavy atom. The Balaban J connectivity index is 2.32. The van der Waals surface area contributed by atoms with Gasteiger partial charge in [0.15, 0.2) is 0 Å². The molecule has 0 bridgehead atoms. The number of rotatable bonds is 0. The minimum atomic E-state index is 0.0991. The maximum absolute atomic E-state index is 5.94. The lowest BCUT2D eigenvalue weighted by atomic mass is 9.46. The van der Waals surface area contributed by atoms with E-state index in [0.29, 0.717) is 10.7 Å². The maximum Gasteiger partial charge on any atom is 0.222 e. The van der Waals surface area contributed by atoms with Gasteiger partial charge < -0.3 is 0 Å². The van der Waals surface area contributed by atoms with Crippen LogP contribution in [-0.4, -0.2) is 9.97 Å². The fourth-order valence-electron chi connectivity index (χ4n) is 3.81. The summed E-state index contributed by atoms with van der Waals surface area (Å²) in [5, 5.41) is 0.375. The summed E-state index contributed by atoms with van der Waals surface area (Å²) in [4.78, 5) is 8.66. The Kier molecular flexibility index (Phi) is 1.72. The quantitative estimate of drug-likeness (QED) is 0.645. The maximum atomic E-state index is 5.94. The first-order valence-corrected chi connectivity index (χ1v) is 6.24. The second-order valence-corrected chi connectivity index (χ2v) is 6.53. The van der Waals surface area contributed by atoms with E-state index >= 15 is 0 Å². The van der Waals surface area contributed by atoms with Crippen molar-refractivity contribution in [3.63, 3.8) is 0 Å². The highest BCUT2D eigenvalue weighted by Gasteiger charge is 2.67. The fraction of sp³-hybridized carbons (Fsp3) is 0.692. The van der Waals surface area contributed by atoms with Crippen LogP contribution in [0.25, 0.3) is 0 Å². The van der Waals surface area contributed by atoms with E-state index in [9.17, 15) is 0 Å². The van der Waals surface area contributed by atoms with E-state index in [4.69, 9.17) is 11.6 Å². The third-order valence-corrected chi connectivity index (χ3v) is 5.85. The van der Waals surface area contributed by atoms with Crippen LogP contribution in [-0.2, 0) is 10.8 Å². The van der Waals surface area contributed by atoms with Crippen LogP contribution in [0.3, 0.4) is 0 Å². The Hall–Kier alpha value is -0.630. The van der Waals surface area contributed by atoms with Gasteiger partial charge in [-0.05, 0) is 35.4 Å². The molecular formula is C13H17ClN2. The number of nitrogens with zero attached hydrogens (tertiary/aromatic N) is 2. The second kappa shape index (κ2) is 2.61. The largest absolute Gasteiger partial charge is 0.226 e. The van der Waals surface area contributed by atoms with Crippen LogP contribution in [0.15, 0.2) is 6.20 Å². The molecular weight excluding hydrogens is 220 g/mol. The molecule has 1 fully saturated rings. The van der Waals surface area contributed by atoms with Gasteiger partial charge in [0.25, 0.3) is 0 Å². The molecule has 0 saturated heterocycles. The summed E-state index contributed by atoms with van der Waals surface area (Å²) in [6.07, 6.45) is 4.45. The minimum Gasteiger partial charge on any atom is -0.226 e. The summed E-state index contributed by atoms with van der Waals surface area (Å²) in [6.45, 7) is 9.31. The van der Waals surface area contributed by atoms with Crippen molar-refractivity contribution >= 4 is 11.6 Å². The number of fused-ring (bicyclic) bond motifs is 3. The van der Waals surface area contributed by atoms with Gasteiger partial charge in [0.1, 0.15) is 0 Å². The van der Waals surface area contributed by atoms with Crippen molar-refractivity contribution in [2.75, 3.05) is 0 Å². The molecule has 1 aromatic heterocycles. The van der Waals surface area contributed by atoms with Crippen LogP contribution in [0.5, 0.6) is 0 Å². The van der Waals surface area contributed by atoms with Crippen molar-refractivity contribution in [1.29, 1.82) is 0 Å². The zero-order valence-corrected chi connectivity index (χ0v) is 11.0. The zero-order valence-electron chi connectivity index (χ0n) is 10.3. The molecule has 2 aliphatic rings. The van der Waals surface area contributed by atoms with E-state index < -0.39 is 0 Å². The normalized spacial score (nSPS) is 38.8. The molecule has 16 heavy (non-hydrogen) atoms. The Morgan fingerprint density at radius 3 is 2.44 bits per heavy atom. The van der Waals surface area contributed by atoms with Crippen molar-refractivity contribution in [3.8, 4) is 0 Å². The molecule has 2 unspecified atom stereocenters.